The van der Waals surface area contributed by atoms with E-state index in [1.54, 1.807) is 13.0 Å². The Kier molecular flexibility index (Phi) is 7.90. The summed E-state index contributed by atoms with van der Waals surface area (Å²) in [6.45, 7) is 11.7. The smallest absolute Gasteiger partial charge is 0.284 e. The van der Waals surface area contributed by atoms with Gasteiger partial charge in [0.2, 0.25) is 0 Å². The molecule has 0 radical (unpaired) electrons. The maximum absolute atomic E-state index is 13.6. The van der Waals surface area contributed by atoms with Crippen LogP contribution in [0.4, 0.5) is 0 Å². The van der Waals surface area contributed by atoms with Crippen molar-refractivity contribution in [1.29, 1.82) is 0 Å². The van der Waals surface area contributed by atoms with Gasteiger partial charge >= 0.3 is 0 Å². The van der Waals surface area contributed by atoms with Crippen molar-refractivity contribution in [1.82, 2.24) is 0 Å². The van der Waals surface area contributed by atoms with Gasteiger partial charge in [0.1, 0.15) is 29.5 Å². The molecule has 5 fully saturated rings. The molecule has 6 aliphatic rings. The molecule has 0 aromatic heterocycles. The molecule has 236 valence electrons. The number of unbranched alkanes of at least 4 members (excludes halogenated alkanes) is 10. The highest BCUT2D eigenvalue weighted by Gasteiger charge is 2.88. The van der Waals surface area contributed by atoms with Gasteiger partial charge in [-0.2, -0.15) is 0 Å². The lowest BCUT2D eigenvalue weighted by molar-refractivity contribution is -0.430. The fourth-order valence-electron chi connectivity index (χ4n) is 9.54. The van der Waals surface area contributed by atoms with Crippen molar-refractivity contribution >= 4 is 5.78 Å². The van der Waals surface area contributed by atoms with Crippen molar-refractivity contribution < 1.29 is 39.1 Å². The van der Waals surface area contributed by atoms with Crippen LogP contribution >= 0.6 is 0 Å². The van der Waals surface area contributed by atoms with Crippen molar-refractivity contribution in [3.8, 4) is 0 Å². The number of ketones is 1. The van der Waals surface area contributed by atoms with E-state index < -0.39 is 70.9 Å². The summed E-state index contributed by atoms with van der Waals surface area (Å²) in [6.07, 6.45) is 13.5. The number of ether oxygens (including phenoxy) is 4. The SMILES string of the molecule is C=C(C)C12CC(C)C34OC(CCCCCCCCCCCCC)(OC1C3C1OC1(CO)C(O)C1(O)C(=O)C(C)=CC14)O2. The quantitative estimate of drug-likeness (QED) is 0.149. The zero-order chi connectivity index (χ0) is 30.1. The Morgan fingerprint density at radius 2 is 1.62 bits per heavy atom. The van der Waals surface area contributed by atoms with Crippen LogP contribution in [0.1, 0.15) is 111 Å². The summed E-state index contributed by atoms with van der Waals surface area (Å²) in [6, 6.07) is 0. The molecule has 8 nitrogen and oxygen atoms in total. The molecule has 3 aliphatic carbocycles. The Balaban J connectivity index is 1.24. The minimum absolute atomic E-state index is 0.184. The number of hydrogen-bond acceptors (Lipinski definition) is 8. The maximum atomic E-state index is 13.6. The number of carbonyl (C=O) groups excluding carboxylic acids is 1. The van der Waals surface area contributed by atoms with Gasteiger partial charge in [-0.25, -0.2) is 0 Å². The number of hydrogen-bond donors (Lipinski definition) is 3. The molecule has 3 heterocycles. The summed E-state index contributed by atoms with van der Waals surface area (Å²) in [5.41, 5.74) is -4.36. The summed E-state index contributed by atoms with van der Waals surface area (Å²) in [5, 5.41) is 34.3. The second-order valence-corrected chi connectivity index (χ2v) is 14.4. The zero-order valence-corrected chi connectivity index (χ0v) is 26.0. The number of Topliss-reactive ketones (excluding diaryl/α,β-unsaturated/α-hetero) is 1. The lowest BCUT2D eigenvalue weighted by Crippen LogP contribution is -2.72. The third kappa shape index (κ3) is 4.08. The van der Waals surface area contributed by atoms with Crippen LogP contribution in [0.2, 0.25) is 0 Å². The van der Waals surface area contributed by atoms with Gasteiger partial charge in [0, 0.05) is 18.3 Å². The minimum atomic E-state index is -2.18. The van der Waals surface area contributed by atoms with E-state index in [2.05, 4.69) is 20.4 Å². The third-order valence-corrected chi connectivity index (χ3v) is 11.8. The van der Waals surface area contributed by atoms with Gasteiger partial charge in [-0.15, -0.1) is 0 Å². The molecule has 11 atom stereocenters. The molecule has 0 amide bonds. The van der Waals surface area contributed by atoms with E-state index in [9.17, 15) is 20.1 Å². The van der Waals surface area contributed by atoms with Crippen molar-refractivity contribution in [2.24, 2.45) is 17.8 Å². The molecule has 0 spiro atoms. The lowest BCUT2D eigenvalue weighted by atomic mass is 9.54. The van der Waals surface area contributed by atoms with Crippen LogP contribution in [0.3, 0.4) is 0 Å². The first-order valence-corrected chi connectivity index (χ1v) is 16.7. The second-order valence-electron chi connectivity index (χ2n) is 14.4. The fraction of sp³-hybridized carbons (Fsp3) is 0.853. The van der Waals surface area contributed by atoms with Crippen LogP contribution < -0.4 is 0 Å². The number of aliphatic hydroxyl groups is 3. The van der Waals surface area contributed by atoms with Crippen LogP contribution in [0.5, 0.6) is 0 Å². The molecule has 3 bridgehead atoms. The molecular weight excluding hydrogens is 536 g/mol. The topological polar surface area (TPSA) is 118 Å². The van der Waals surface area contributed by atoms with E-state index in [0.717, 1.165) is 24.8 Å². The number of epoxide rings is 1. The molecule has 8 heteroatoms. The Morgan fingerprint density at radius 3 is 2.21 bits per heavy atom. The standard InChI is InChI=1S/C34H52O8/c1-6-7-8-9-10-11-12-13-14-15-16-17-32-40-27-25-28-31(20-35,39-28)29(37)33(38)24(18-22(4)26(33)36)34(25,42-32)23(5)19-30(27,41-32)21(2)3/h18,23-25,27-29,35,37-38H,2,6-17,19-20H2,1,3-5H3. The summed E-state index contributed by atoms with van der Waals surface area (Å²) >= 11 is 0. The molecular formula is C34H52O8. The maximum Gasteiger partial charge on any atom is 0.284 e. The van der Waals surface area contributed by atoms with E-state index in [1.807, 2.05) is 6.92 Å². The second kappa shape index (κ2) is 10.7. The Bertz CT molecular complexity index is 1120. The Labute approximate surface area is 250 Å². The van der Waals surface area contributed by atoms with Crippen molar-refractivity contribution in [2.75, 3.05) is 6.61 Å². The molecule has 6 rings (SSSR count). The summed E-state index contributed by atoms with van der Waals surface area (Å²) < 4.78 is 26.9. The molecule has 42 heavy (non-hydrogen) atoms. The predicted molar refractivity (Wildman–Crippen MR) is 156 cm³/mol. The molecule has 3 N–H and O–H groups in total. The minimum Gasteiger partial charge on any atom is -0.393 e. The summed E-state index contributed by atoms with van der Waals surface area (Å²) in [7, 11) is 0. The molecule has 3 aliphatic heterocycles. The average Bonchev–Trinajstić information content (AvgIpc) is 3.60. The average molecular weight is 589 g/mol. The predicted octanol–water partition coefficient (Wildman–Crippen LogP) is 4.88. The van der Waals surface area contributed by atoms with Crippen LogP contribution in [0.25, 0.3) is 0 Å². The normalized spacial score (nSPS) is 48.0. The van der Waals surface area contributed by atoms with Gasteiger partial charge < -0.3 is 34.3 Å². The van der Waals surface area contributed by atoms with Crippen LogP contribution in [-0.4, -0.2) is 74.4 Å². The van der Waals surface area contributed by atoms with Crippen molar-refractivity contribution in [3.05, 3.63) is 23.8 Å². The monoisotopic (exact) mass is 588 g/mol. The highest BCUT2D eigenvalue weighted by atomic mass is 16.9. The molecule has 0 aromatic rings. The zero-order valence-electron chi connectivity index (χ0n) is 26.0. The van der Waals surface area contributed by atoms with E-state index in [4.69, 9.17) is 18.9 Å². The molecule has 0 aromatic carbocycles. The van der Waals surface area contributed by atoms with E-state index in [-0.39, 0.29) is 5.92 Å². The van der Waals surface area contributed by atoms with Gasteiger partial charge in [0.05, 0.1) is 12.2 Å². The van der Waals surface area contributed by atoms with Crippen LogP contribution in [0, 0.1) is 17.8 Å². The van der Waals surface area contributed by atoms with Crippen molar-refractivity contribution in [2.45, 2.75) is 158 Å². The third-order valence-electron chi connectivity index (χ3n) is 11.8. The van der Waals surface area contributed by atoms with Crippen LogP contribution in [0.15, 0.2) is 23.8 Å². The first kappa shape index (κ1) is 30.9. The van der Waals surface area contributed by atoms with Gasteiger partial charge in [0.25, 0.3) is 5.97 Å². The summed E-state index contributed by atoms with van der Waals surface area (Å²) in [4.78, 5) is 13.6. The van der Waals surface area contributed by atoms with Crippen LogP contribution in [-0.2, 0) is 23.7 Å². The number of aliphatic hydroxyl groups excluding tert-OH is 2. The molecule has 3 saturated heterocycles. The lowest BCUT2D eigenvalue weighted by Gasteiger charge is -2.59. The number of carbonyl (C=O) groups is 1. The Hall–Kier alpha value is -1.13. The number of fused-ring (bicyclic) bond motifs is 3. The van der Waals surface area contributed by atoms with Gasteiger partial charge in [-0.3, -0.25) is 4.79 Å². The van der Waals surface area contributed by atoms with Gasteiger partial charge in [-0.05, 0) is 43.8 Å². The fourth-order valence-corrected chi connectivity index (χ4v) is 9.54. The highest BCUT2D eigenvalue weighted by Crippen LogP contribution is 2.73. The summed E-state index contributed by atoms with van der Waals surface area (Å²) in [5.74, 6) is -3.38. The van der Waals surface area contributed by atoms with E-state index in [0.29, 0.717) is 18.4 Å². The number of rotatable bonds is 14. The first-order chi connectivity index (χ1) is 20.0. The first-order valence-electron chi connectivity index (χ1n) is 16.7. The van der Waals surface area contributed by atoms with Crippen molar-refractivity contribution in [3.63, 3.8) is 0 Å². The van der Waals surface area contributed by atoms with E-state index >= 15 is 0 Å². The Morgan fingerprint density at radius 1 is 1.00 bits per heavy atom. The van der Waals surface area contributed by atoms with E-state index in [1.165, 1.54) is 51.4 Å². The molecule has 2 saturated carbocycles. The highest BCUT2D eigenvalue weighted by molar-refractivity contribution is 6.05. The van der Waals surface area contributed by atoms with Gasteiger partial charge in [-0.1, -0.05) is 90.7 Å². The largest absolute Gasteiger partial charge is 0.393 e. The van der Waals surface area contributed by atoms with Gasteiger partial charge in [0.15, 0.2) is 11.4 Å². The molecule has 11 unspecified atom stereocenters.